The lowest BCUT2D eigenvalue weighted by atomic mass is 9.94. The first-order valence-corrected chi connectivity index (χ1v) is 7.80. The Labute approximate surface area is 134 Å². The van der Waals surface area contributed by atoms with Gasteiger partial charge in [0.1, 0.15) is 0 Å². The van der Waals surface area contributed by atoms with Crippen molar-refractivity contribution in [2.75, 3.05) is 11.9 Å². The fraction of sp³-hybridized carbons (Fsp3) is 0.278. The van der Waals surface area contributed by atoms with Crippen LogP contribution < -0.4 is 10.6 Å². The predicted octanol–water partition coefficient (Wildman–Crippen LogP) is 2.65. The summed E-state index contributed by atoms with van der Waals surface area (Å²) in [5, 5.41) is 6.49. The number of carbonyl (C=O) groups is 2. The van der Waals surface area contributed by atoms with E-state index in [-0.39, 0.29) is 24.3 Å². The normalized spacial score (nSPS) is 17.0. The SMILES string of the molecule is O=C(CNC(=O)[C@H]1CC=CCC1)Nc1cccc2cccnc12. The number of rotatable bonds is 4. The number of amides is 2. The molecular formula is C18H19N3O2. The molecule has 0 spiro atoms. The van der Waals surface area contributed by atoms with Gasteiger partial charge in [-0.25, -0.2) is 0 Å². The van der Waals surface area contributed by atoms with Gasteiger partial charge in [0.05, 0.1) is 17.7 Å². The van der Waals surface area contributed by atoms with Crippen LogP contribution in [0.2, 0.25) is 0 Å². The highest BCUT2D eigenvalue weighted by atomic mass is 16.2. The van der Waals surface area contributed by atoms with Gasteiger partial charge in [-0.05, 0) is 31.4 Å². The molecule has 2 amide bonds. The number of hydrogen-bond donors (Lipinski definition) is 2. The second-order valence-corrected chi connectivity index (χ2v) is 5.63. The minimum absolute atomic E-state index is 0.0213. The van der Waals surface area contributed by atoms with Crippen molar-refractivity contribution in [3.05, 3.63) is 48.7 Å². The average molecular weight is 309 g/mol. The minimum Gasteiger partial charge on any atom is -0.347 e. The molecule has 118 valence electrons. The molecule has 23 heavy (non-hydrogen) atoms. The zero-order chi connectivity index (χ0) is 16.1. The summed E-state index contributed by atoms with van der Waals surface area (Å²) < 4.78 is 0. The number of fused-ring (bicyclic) bond motifs is 1. The summed E-state index contributed by atoms with van der Waals surface area (Å²) in [7, 11) is 0. The Morgan fingerprint density at radius 1 is 1.17 bits per heavy atom. The highest BCUT2D eigenvalue weighted by Gasteiger charge is 2.19. The highest BCUT2D eigenvalue weighted by Crippen LogP contribution is 2.20. The first kappa shape index (κ1) is 15.2. The minimum atomic E-state index is -0.247. The maximum atomic E-state index is 12.1. The van der Waals surface area contributed by atoms with E-state index < -0.39 is 0 Å². The van der Waals surface area contributed by atoms with Crippen molar-refractivity contribution in [2.24, 2.45) is 5.92 Å². The van der Waals surface area contributed by atoms with Crippen LogP contribution in [0.4, 0.5) is 5.69 Å². The summed E-state index contributed by atoms with van der Waals surface area (Å²) in [5.41, 5.74) is 1.40. The van der Waals surface area contributed by atoms with E-state index in [9.17, 15) is 9.59 Å². The number of benzene rings is 1. The molecule has 0 aliphatic heterocycles. The van der Waals surface area contributed by atoms with Gasteiger partial charge in [-0.1, -0.05) is 30.4 Å². The molecule has 2 aromatic rings. The summed E-state index contributed by atoms with van der Waals surface area (Å²) >= 11 is 0. The van der Waals surface area contributed by atoms with E-state index in [0.717, 1.165) is 30.2 Å². The van der Waals surface area contributed by atoms with Crippen LogP contribution in [0.1, 0.15) is 19.3 Å². The van der Waals surface area contributed by atoms with Crippen LogP contribution >= 0.6 is 0 Å². The molecule has 1 heterocycles. The van der Waals surface area contributed by atoms with Gasteiger partial charge in [-0.2, -0.15) is 0 Å². The summed E-state index contributed by atoms with van der Waals surface area (Å²) in [5.74, 6) is -0.324. The Bertz CT molecular complexity index is 750. The quantitative estimate of drug-likeness (QED) is 0.853. The van der Waals surface area contributed by atoms with Crippen molar-refractivity contribution >= 4 is 28.4 Å². The van der Waals surface area contributed by atoms with Crippen LogP contribution in [0.25, 0.3) is 10.9 Å². The van der Waals surface area contributed by atoms with Crippen LogP contribution in [-0.4, -0.2) is 23.3 Å². The van der Waals surface area contributed by atoms with E-state index in [0.29, 0.717) is 5.69 Å². The van der Waals surface area contributed by atoms with Crippen LogP contribution in [0.5, 0.6) is 0 Å². The van der Waals surface area contributed by atoms with E-state index in [4.69, 9.17) is 0 Å². The second kappa shape index (κ2) is 7.05. The average Bonchev–Trinajstić information content (AvgIpc) is 2.61. The van der Waals surface area contributed by atoms with Gasteiger partial charge < -0.3 is 10.6 Å². The van der Waals surface area contributed by atoms with Crippen molar-refractivity contribution in [1.29, 1.82) is 0 Å². The number of allylic oxidation sites excluding steroid dienone is 2. The highest BCUT2D eigenvalue weighted by molar-refractivity contribution is 6.01. The third kappa shape index (κ3) is 3.74. The Hall–Kier alpha value is -2.69. The molecule has 0 bridgehead atoms. The number of aromatic nitrogens is 1. The molecule has 0 saturated heterocycles. The Morgan fingerprint density at radius 3 is 2.87 bits per heavy atom. The molecule has 3 rings (SSSR count). The molecular weight excluding hydrogens is 290 g/mol. The van der Waals surface area contributed by atoms with E-state index in [1.165, 1.54) is 0 Å². The molecule has 5 heteroatoms. The van der Waals surface area contributed by atoms with Crippen LogP contribution in [0, 0.1) is 5.92 Å². The number of pyridine rings is 1. The third-order valence-electron chi connectivity index (χ3n) is 3.97. The van der Waals surface area contributed by atoms with Gasteiger partial charge >= 0.3 is 0 Å². The zero-order valence-electron chi connectivity index (χ0n) is 12.8. The summed E-state index contributed by atoms with van der Waals surface area (Å²) in [6.45, 7) is -0.0255. The number of nitrogens with zero attached hydrogens (tertiary/aromatic N) is 1. The smallest absolute Gasteiger partial charge is 0.243 e. The topological polar surface area (TPSA) is 71.1 Å². The van der Waals surface area contributed by atoms with Gasteiger partial charge in [-0.3, -0.25) is 14.6 Å². The second-order valence-electron chi connectivity index (χ2n) is 5.63. The van der Waals surface area contributed by atoms with E-state index in [1.807, 2.05) is 30.3 Å². The fourth-order valence-corrected chi connectivity index (χ4v) is 2.74. The summed E-state index contributed by atoms with van der Waals surface area (Å²) in [4.78, 5) is 28.4. The van der Waals surface area contributed by atoms with E-state index >= 15 is 0 Å². The van der Waals surface area contributed by atoms with Gasteiger partial charge in [0.25, 0.3) is 0 Å². The van der Waals surface area contributed by atoms with Gasteiger partial charge in [0.2, 0.25) is 11.8 Å². The van der Waals surface area contributed by atoms with Crippen molar-refractivity contribution in [1.82, 2.24) is 10.3 Å². The van der Waals surface area contributed by atoms with Crippen LogP contribution in [-0.2, 0) is 9.59 Å². The zero-order valence-corrected chi connectivity index (χ0v) is 12.8. The molecule has 2 N–H and O–H groups in total. The Balaban J connectivity index is 1.58. The summed E-state index contributed by atoms with van der Waals surface area (Å²) in [6, 6.07) is 9.41. The van der Waals surface area contributed by atoms with Gasteiger partial charge in [0.15, 0.2) is 0 Å². The fourth-order valence-electron chi connectivity index (χ4n) is 2.74. The molecule has 0 radical (unpaired) electrons. The summed E-state index contributed by atoms with van der Waals surface area (Å²) in [6.07, 6.45) is 8.32. The van der Waals surface area contributed by atoms with Crippen LogP contribution in [0.3, 0.4) is 0 Å². The predicted molar refractivity (Wildman–Crippen MR) is 89.9 cm³/mol. The number of anilines is 1. The lowest BCUT2D eigenvalue weighted by molar-refractivity contribution is -0.127. The van der Waals surface area contributed by atoms with Gasteiger partial charge in [-0.15, -0.1) is 0 Å². The Kier molecular flexibility index (Phi) is 4.66. The standard InChI is InChI=1S/C18H19N3O2/c22-16(12-20-18(23)14-6-2-1-3-7-14)21-15-10-4-8-13-9-5-11-19-17(13)15/h1-2,4-5,8-11,14H,3,6-7,12H2,(H,20,23)(H,21,22)/t14-/m0/s1. The molecule has 0 saturated carbocycles. The molecule has 1 atom stereocenters. The number of carbonyl (C=O) groups excluding carboxylic acids is 2. The van der Waals surface area contributed by atoms with Crippen molar-refractivity contribution in [3.8, 4) is 0 Å². The third-order valence-corrected chi connectivity index (χ3v) is 3.97. The molecule has 1 aliphatic carbocycles. The molecule has 0 fully saturated rings. The van der Waals surface area contributed by atoms with E-state index in [1.54, 1.807) is 12.3 Å². The van der Waals surface area contributed by atoms with Crippen LogP contribution in [0.15, 0.2) is 48.7 Å². The molecule has 5 nitrogen and oxygen atoms in total. The first-order valence-electron chi connectivity index (χ1n) is 7.80. The van der Waals surface area contributed by atoms with Crippen molar-refractivity contribution in [3.63, 3.8) is 0 Å². The maximum Gasteiger partial charge on any atom is 0.243 e. The molecule has 0 unspecified atom stereocenters. The van der Waals surface area contributed by atoms with Gasteiger partial charge in [0, 0.05) is 17.5 Å². The molecule has 1 aliphatic rings. The lowest BCUT2D eigenvalue weighted by Crippen LogP contribution is -2.37. The lowest BCUT2D eigenvalue weighted by Gasteiger charge is -2.17. The molecule has 1 aromatic heterocycles. The number of nitrogens with one attached hydrogen (secondary N) is 2. The largest absolute Gasteiger partial charge is 0.347 e. The first-order chi connectivity index (χ1) is 11.2. The van der Waals surface area contributed by atoms with Crippen molar-refractivity contribution in [2.45, 2.75) is 19.3 Å². The number of para-hydroxylation sites is 1. The Morgan fingerprint density at radius 2 is 2.04 bits per heavy atom. The molecule has 1 aromatic carbocycles. The number of hydrogen-bond acceptors (Lipinski definition) is 3. The van der Waals surface area contributed by atoms with E-state index in [2.05, 4.69) is 21.7 Å². The van der Waals surface area contributed by atoms with Crippen molar-refractivity contribution < 1.29 is 9.59 Å². The maximum absolute atomic E-state index is 12.1. The monoisotopic (exact) mass is 309 g/mol.